The summed E-state index contributed by atoms with van der Waals surface area (Å²) in [5.74, 6) is -1.41. The summed E-state index contributed by atoms with van der Waals surface area (Å²) in [6.07, 6.45) is 1.04. The van der Waals surface area contributed by atoms with Gasteiger partial charge in [0.15, 0.2) is 11.5 Å². The molecular formula is C22H26N2O8S. The highest BCUT2D eigenvalue weighted by Gasteiger charge is 2.43. The summed E-state index contributed by atoms with van der Waals surface area (Å²) in [5.41, 5.74) is 0.719. The van der Waals surface area contributed by atoms with Gasteiger partial charge in [0.2, 0.25) is 5.91 Å². The molecule has 1 unspecified atom stereocenters. The smallest absolute Gasteiger partial charge is 0.264 e. The van der Waals surface area contributed by atoms with E-state index in [1.807, 2.05) is 0 Å². The first-order valence-electron chi connectivity index (χ1n) is 9.84. The summed E-state index contributed by atoms with van der Waals surface area (Å²) in [6.45, 7) is 3.41. The fraction of sp³-hybridized carbons (Fsp3) is 0.318. The number of amides is 3. The van der Waals surface area contributed by atoms with Crippen LogP contribution in [0.25, 0.3) is 0 Å². The van der Waals surface area contributed by atoms with E-state index in [-0.39, 0.29) is 22.3 Å². The molecule has 3 N–H and O–H groups in total. The van der Waals surface area contributed by atoms with Crippen molar-refractivity contribution in [2.45, 2.75) is 19.9 Å². The van der Waals surface area contributed by atoms with Crippen LogP contribution in [-0.4, -0.2) is 62.2 Å². The Labute approximate surface area is 191 Å². The number of nitrogens with one attached hydrogen (secondary N) is 1. The second-order valence-electron chi connectivity index (χ2n) is 7.34. The number of hydrogen-bond acceptors (Lipinski definition) is 7. The normalized spacial score (nSPS) is 13.8. The Hall–Kier alpha value is -3.44. The number of nitrogens with zero attached hydrogens (tertiary/aromatic N) is 1. The van der Waals surface area contributed by atoms with Gasteiger partial charge in [-0.3, -0.25) is 19.3 Å². The molecule has 2 aromatic rings. The molecule has 0 spiro atoms. The first-order chi connectivity index (χ1) is 15.1. The van der Waals surface area contributed by atoms with Crippen LogP contribution in [-0.2, 0) is 14.6 Å². The molecule has 11 heteroatoms. The lowest BCUT2D eigenvalue weighted by molar-refractivity contribution is -0.114. The van der Waals surface area contributed by atoms with E-state index in [1.54, 1.807) is 31.2 Å². The van der Waals surface area contributed by atoms with Gasteiger partial charge >= 0.3 is 0 Å². The van der Waals surface area contributed by atoms with E-state index >= 15 is 0 Å². The van der Waals surface area contributed by atoms with Gasteiger partial charge in [-0.1, -0.05) is 12.1 Å². The summed E-state index contributed by atoms with van der Waals surface area (Å²) in [7, 11) is -2.13. The molecule has 1 aliphatic rings. The number of fused-ring (bicyclic) bond motifs is 1. The number of benzene rings is 2. The fourth-order valence-electron chi connectivity index (χ4n) is 3.66. The Morgan fingerprint density at radius 2 is 1.82 bits per heavy atom. The zero-order valence-corrected chi connectivity index (χ0v) is 19.5. The lowest BCUT2D eigenvalue weighted by atomic mass is 10.1. The lowest BCUT2D eigenvalue weighted by Gasteiger charge is -2.27. The van der Waals surface area contributed by atoms with E-state index in [9.17, 15) is 22.8 Å². The van der Waals surface area contributed by atoms with Gasteiger partial charge in [-0.25, -0.2) is 8.42 Å². The van der Waals surface area contributed by atoms with Crippen LogP contribution in [0.5, 0.6) is 11.5 Å². The van der Waals surface area contributed by atoms with Crippen LogP contribution >= 0.6 is 0 Å². The minimum Gasteiger partial charge on any atom is -0.493 e. The molecule has 0 fully saturated rings. The van der Waals surface area contributed by atoms with Crippen LogP contribution in [0, 0.1) is 0 Å². The third-order valence-electron chi connectivity index (χ3n) is 4.90. The van der Waals surface area contributed by atoms with Crippen LogP contribution in [0.4, 0.5) is 5.69 Å². The van der Waals surface area contributed by atoms with E-state index in [2.05, 4.69) is 5.32 Å². The molecule has 1 aliphatic heterocycles. The van der Waals surface area contributed by atoms with Crippen LogP contribution < -0.4 is 14.8 Å². The summed E-state index contributed by atoms with van der Waals surface area (Å²) >= 11 is 0. The molecule has 10 nitrogen and oxygen atoms in total. The Morgan fingerprint density at radius 1 is 1.12 bits per heavy atom. The minimum atomic E-state index is -3.60. The molecular weight excluding hydrogens is 452 g/mol. The zero-order valence-electron chi connectivity index (χ0n) is 18.7. The maximum Gasteiger partial charge on any atom is 0.264 e. The Kier molecular flexibility index (Phi) is 7.83. The molecule has 3 rings (SSSR count). The van der Waals surface area contributed by atoms with Crippen LogP contribution in [0.2, 0.25) is 0 Å². The summed E-state index contributed by atoms with van der Waals surface area (Å²) < 4.78 is 35.3. The molecule has 0 bridgehead atoms. The van der Waals surface area contributed by atoms with Crippen molar-refractivity contribution in [3.63, 3.8) is 0 Å². The van der Waals surface area contributed by atoms with E-state index in [0.29, 0.717) is 23.7 Å². The highest BCUT2D eigenvalue weighted by molar-refractivity contribution is 7.90. The van der Waals surface area contributed by atoms with Crippen molar-refractivity contribution in [3.8, 4) is 11.5 Å². The topological polar surface area (TPSA) is 151 Å². The number of methoxy groups -OCH3 is 1. The SMILES string of the molecule is CCOc1cc(C(CS(C)(=O)=O)N2C(=O)c3cccc(NC(C)=O)c3C2=O)ccc1OC.O. The van der Waals surface area contributed by atoms with Crippen molar-refractivity contribution in [1.82, 2.24) is 4.90 Å². The van der Waals surface area contributed by atoms with E-state index in [4.69, 9.17) is 9.47 Å². The van der Waals surface area contributed by atoms with E-state index in [1.165, 1.54) is 26.2 Å². The van der Waals surface area contributed by atoms with Gasteiger partial charge in [-0.15, -0.1) is 0 Å². The predicted octanol–water partition coefficient (Wildman–Crippen LogP) is 1.61. The molecule has 0 aromatic heterocycles. The third-order valence-corrected chi connectivity index (χ3v) is 5.82. The Morgan fingerprint density at radius 3 is 2.39 bits per heavy atom. The molecule has 0 saturated heterocycles. The zero-order chi connectivity index (χ0) is 23.6. The third kappa shape index (κ3) is 5.32. The number of anilines is 1. The van der Waals surface area contributed by atoms with Crippen LogP contribution in [0.1, 0.15) is 46.2 Å². The second kappa shape index (κ2) is 10.0. The number of hydrogen-bond donors (Lipinski definition) is 1. The van der Waals surface area contributed by atoms with Gasteiger partial charge in [0.05, 0.1) is 42.3 Å². The summed E-state index contributed by atoms with van der Waals surface area (Å²) in [4.78, 5) is 39.1. The standard InChI is InChI=1S/C22H24N2O7S.H2O/c1-5-31-19-11-14(9-10-18(19)30-3)17(12-32(4,28)29)24-21(26)15-7-6-8-16(23-13(2)25)20(15)22(24)27;/h6-11,17H,5,12H2,1-4H3,(H,23,25);1H2. The van der Waals surface area contributed by atoms with Crippen molar-refractivity contribution in [2.75, 3.05) is 31.0 Å². The van der Waals surface area contributed by atoms with Crippen molar-refractivity contribution in [3.05, 3.63) is 53.1 Å². The number of carbonyl (C=O) groups is 3. The molecule has 0 saturated carbocycles. The summed E-state index contributed by atoms with van der Waals surface area (Å²) in [6, 6.07) is 8.18. The average Bonchev–Trinajstić information content (AvgIpc) is 2.96. The number of ether oxygens (including phenoxy) is 2. The molecule has 33 heavy (non-hydrogen) atoms. The molecule has 0 radical (unpaired) electrons. The molecule has 3 amide bonds. The minimum absolute atomic E-state index is 0. The van der Waals surface area contributed by atoms with Crippen molar-refractivity contribution in [2.24, 2.45) is 0 Å². The van der Waals surface area contributed by atoms with Gasteiger partial charge in [0, 0.05) is 13.2 Å². The maximum absolute atomic E-state index is 13.3. The highest BCUT2D eigenvalue weighted by atomic mass is 32.2. The quantitative estimate of drug-likeness (QED) is 0.566. The van der Waals surface area contributed by atoms with Crippen LogP contribution in [0.15, 0.2) is 36.4 Å². The summed E-state index contributed by atoms with van der Waals surface area (Å²) in [5, 5.41) is 2.55. The highest BCUT2D eigenvalue weighted by Crippen LogP contribution is 2.38. The maximum atomic E-state index is 13.3. The monoisotopic (exact) mass is 478 g/mol. The van der Waals surface area contributed by atoms with Gasteiger partial charge in [-0.2, -0.15) is 0 Å². The first-order valence-corrected chi connectivity index (χ1v) is 11.9. The van der Waals surface area contributed by atoms with Crippen molar-refractivity contribution in [1.29, 1.82) is 0 Å². The Balaban J connectivity index is 0.00000385. The number of carbonyl (C=O) groups excluding carboxylic acids is 3. The Bertz CT molecular complexity index is 1190. The number of sulfone groups is 1. The average molecular weight is 479 g/mol. The molecule has 1 atom stereocenters. The molecule has 1 heterocycles. The van der Waals surface area contributed by atoms with E-state index in [0.717, 1.165) is 11.2 Å². The second-order valence-corrected chi connectivity index (χ2v) is 9.53. The molecule has 2 aromatic carbocycles. The molecule has 0 aliphatic carbocycles. The number of imide groups is 1. The fourth-order valence-corrected chi connectivity index (χ4v) is 4.57. The predicted molar refractivity (Wildman–Crippen MR) is 121 cm³/mol. The van der Waals surface area contributed by atoms with E-state index < -0.39 is 39.4 Å². The first kappa shape index (κ1) is 25.8. The number of rotatable bonds is 8. The van der Waals surface area contributed by atoms with Gasteiger partial charge in [-0.05, 0) is 36.8 Å². The molecule has 178 valence electrons. The largest absolute Gasteiger partial charge is 0.493 e. The van der Waals surface area contributed by atoms with Gasteiger partial charge in [0.1, 0.15) is 9.84 Å². The van der Waals surface area contributed by atoms with Crippen LogP contribution in [0.3, 0.4) is 0 Å². The lowest BCUT2D eigenvalue weighted by Crippen LogP contribution is -2.37. The van der Waals surface area contributed by atoms with Crippen molar-refractivity contribution < 1.29 is 37.8 Å². The van der Waals surface area contributed by atoms with Crippen molar-refractivity contribution >= 4 is 33.2 Å². The van der Waals surface area contributed by atoms with Gasteiger partial charge < -0.3 is 20.3 Å². The van der Waals surface area contributed by atoms with Gasteiger partial charge in [0.25, 0.3) is 11.8 Å².